The zero-order valence-electron chi connectivity index (χ0n) is 17.2. The van der Waals surface area contributed by atoms with Crippen LogP contribution in [0.3, 0.4) is 0 Å². The van der Waals surface area contributed by atoms with Gasteiger partial charge in [0, 0.05) is 17.7 Å². The monoisotopic (exact) mass is 444 g/mol. The van der Waals surface area contributed by atoms with Gasteiger partial charge in [-0.25, -0.2) is 18.3 Å². The highest BCUT2D eigenvalue weighted by molar-refractivity contribution is 7.89. The number of nitrogens with one attached hydrogen (secondary N) is 2. The number of hydrogen-bond donors (Lipinski definition) is 3. The highest BCUT2D eigenvalue weighted by Gasteiger charge is 2.34. The Balaban J connectivity index is 1.77. The lowest BCUT2D eigenvalue weighted by atomic mass is 9.88. The van der Waals surface area contributed by atoms with Crippen molar-refractivity contribution >= 4 is 15.7 Å². The molecular weight excluding hydrogens is 420 g/mol. The number of aromatic nitrogens is 2. The van der Waals surface area contributed by atoms with Crippen molar-refractivity contribution < 1.29 is 17.6 Å². The molecule has 1 heterocycles. The standard InChI is InChI=1S/C21H24N4O5S/c1-12(15-7-3-5-13-6-4-8-16(13)15)19(20-23-24-21(26)30-20)25-31(27,28)18-10-9-14(22)11-17(18)29-2/h3,5,7,9-12,19,25H,4,6,8,22H2,1-2H3,(H,24,26)/t12-,19+/m1/s1. The summed E-state index contributed by atoms with van der Waals surface area (Å²) in [5.41, 5.74) is 9.60. The van der Waals surface area contributed by atoms with Gasteiger partial charge in [0.25, 0.3) is 0 Å². The number of benzene rings is 2. The van der Waals surface area contributed by atoms with E-state index in [-0.39, 0.29) is 22.5 Å². The maximum Gasteiger partial charge on any atom is 0.434 e. The van der Waals surface area contributed by atoms with Crippen LogP contribution >= 0.6 is 0 Å². The highest BCUT2D eigenvalue weighted by Crippen LogP contribution is 2.37. The summed E-state index contributed by atoms with van der Waals surface area (Å²) in [5.74, 6) is -1.03. The SMILES string of the molecule is COc1cc(N)ccc1S(=O)(=O)N[C@H](c1n[nH]c(=O)o1)[C@H](C)c1cccc2c1CCC2. The van der Waals surface area contributed by atoms with Gasteiger partial charge >= 0.3 is 5.76 Å². The van der Waals surface area contributed by atoms with E-state index in [9.17, 15) is 13.2 Å². The Labute approximate surface area is 179 Å². The molecule has 0 radical (unpaired) electrons. The number of H-pyrrole nitrogens is 1. The number of nitrogen functional groups attached to an aromatic ring is 1. The first kappa shape index (κ1) is 21.1. The summed E-state index contributed by atoms with van der Waals surface area (Å²) in [6.45, 7) is 1.88. The molecule has 0 bridgehead atoms. The lowest BCUT2D eigenvalue weighted by Gasteiger charge is -2.25. The van der Waals surface area contributed by atoms with Gasteiger partial charge in [-0.05, 0) is 48.1 Å². The lowest BCUT2D eigenvalue weighted by Crippen LogP contribution is -2.33. The van der Waals surface area contributed by atoms with Crippen LogP contribution in [0.15, 0.2) is 50.5 Å². The Kier molecular flexibility index (Phi) is 5.59. The predicted molar refractivity (Wildman–Crippen MR) is 114 cm³/mol. The summed E-state index contributed by atoms with van der Waals surface area (Å²) >= 11 is 0. The third-order valence-electron chi connectivity index (χ3n) is 5.65. The molecule has 4 rings (SSSR count). The van der Waals surface area contributed by atoms with Crippen molar-refractivity contribution in [3.05, 3.63) is 69.5 Å². The fourth-order valence-electron chi connectivity index (χ4n) is 4.13. The van der Waals surface area contributed by atoms with Crippen molar-refractivity contribution in [2.45, 2.75) is 43.0 Å². The maximum absolute atomic E-state index is 13.3. The predicted octanol–water partition coefficient (Wildman–Crippen LogP) is 2.27. The third-order valence-corrected chi connectivity index (χ3v) is 7.13. The molecule has 0 saturated heterocycles. The van der Waals surface area contributed by atoms with Gasteiger partial charge < -0.3 is 14.9 Å². The summed E-state index contributed by atoms with van der Waals surface area (Å²) in [5, 5.41) is 6.12. The van der Waals surface area contributed by atoms with Gasteiger partial charge in [0.1, 0.15) is 16.7 Å². The molecule has 164 valence electrons. The summed E-state index contributed by atoms with van der Waals surface area (Å²) < 4.78 is 39.6. The van der Waals surface area contributed by atoms with Crippen molar-refractivity contribution in [3.63, 3.8) is 0 Å². The van der Waals surface area contributed by atoms with Crippen molar-refractivity contribution in [3.8, 4) is 5.75 Å². The molecule has 1 aliphatic carbocycles. The fourth-order valence-corrected chi connectivity index (χ4v) is 5.55. The molecule has 2 aromatic carbocycles. The Morgan fingerprint density at radius 2 is 2.06 bits per heavy atom. The number of fused-ring (bicyclic) bond motifs is 1. The van der Waals surface area contributed by atoms with E-state index in [1.807, 2.05) is 19.1 Å². The van der Waals surface area contributed by atoms with Gasteiger partial charge in [0.05, 0.1) is 7.11 Å². The van der Waals surface area contributed by atoms with Crippen LogP contribution in [0, 0.1) is 0 Å². The maximum atomic E-state index is 13.3. The average molecular weight is 445 g/mol. The zero-order valence-corrected chi connectivity index (χ0v) is 18.0. The van der Waals surface area contributed by atoms with E-state index in [4.69, 9.17) is 14.9 Å². The van der Waals surface area contributed by atoms with E-state index < -0.39 is 21.8 Å². The first-order valence-corrected chi connectivity index (χ1v) is 11.4. The second kappa shape index (κ2) is 8.20. The molecule has 10 heteroatoms. The van der Waals surface area contributed by atoms with Crippen molar-refractivity contribution in [1.82, 2.24) is 14.9 Å². The van der Waals surface area contributed by atoms with Crippen molar-refractivity contribution in [2.75, 3.05) is 12.8 Å². The van der Waals surface area contributed by atoms with Gasteiger partial charge in [-0.3, -0.25) is 0 Å². The molecule has 3 aromatic rings. The molecule has 0 amide bonds. The summed E-state index contributed by atoms with van der Waals surface area (Å²) in [6.07, 6.45) is 2.97. The molecule has 0 saturated carbocycles. The van der Waals surface area contributed by atoms with Crippen molar-refractivity contribution in [1.29, 1.82) is 0 Å². The van der Waals surface area contributed by atoms with E-state index in [1.165, 1.54) is 36.4 Å². The average Bonchev–Trinajstić information content (AvgIpc) is 3.39. The van der Waals surface area contributed by atoms with Gasteiger partial charge in [-0.1, -0.05) is 25.1 Å². The second-order valence-corrected chi connectivity index (χ2v) is 9.27. The number of rotatable bonds is 7. The molecule has 9 nitrogen and oxygen atoms in total. The first-order chi connectivity index (χ1) is 14.8. The van der Waals surface area contributed by atoms with Gasteiger partial charge in [-0.2, -0.15) is 4.72 Å². The fraction of sp³-hybridized carbons (Fsp3) is 0.333. The van der Waals surface area contributed by atoms with Gasteiger partial charge in [0.15, 0.2) is 0 Å². The second-order valence-electron chi connectivity index (χ2n) is 7.59. The van der Waals surface area contributed by atoms with Crippen LogP contribution in [0.1, 0.15) is 47.9 Å². The molecule has 2 atom stereocenters. The lowest BCUT2D eigenvalue weighted by molar-refractivity contribution is 0.378. The first-order valence-electron chi connectivity index (χ1n) is 9.92. The van der Waals surface area contributed by atoms with E-state index in [0.29, 0.717) is 5.69 Å². The highest BCUT2D eigenvalue weighted by atomic mass is 32.2. The minimum Gasteiger partial charge on any atom is -0.495 e. The Hall–Kier alpha value is -3.11. The Morgan fingerprint density at radius 1 is 1.26 bits per heavy atom. The van der Waals surface area contributed by atoms with Crippen LogP contribution in [0.2, 0.25) is 0 Å². The number of hydrogen-bond acceptors (Lipinski definition) is 7. The number of aromatic amines is 1. The normalized spacial score (nSPS) is 15.4. The van der Waals surface area contributed by atoms with Crippen LogP contribution in [-0.4, -0.2) is 25.7 Å². The number of nitrogens with two attached hydrogens (primary N) is 1. The summed E-state index contributed by atoms with van der Waals surface area (Å²) in [6, 6.07) is 9.40. The molecular formula is C21H24N4O5S. The minimum atomic E-state index is -4.07. The molecule has 31 heavy (non-hydrogen) atoms. The smallest absolute Gasteiger partial charge is 0.434 e. The molecule has 0 fully saturated rings. The number of sulfonamides is 1. The van der Waals surface area contributed by atoms with Crippen LogP contribution in [-0.2, 0) is 22.9 Å². The Morgan fingerprint density at radius 3 is 2.77 bits per heavy atom. The number of anilines is 1. The zero-order chi connectivity index (χ0) is 22.2. The van der Waals surface area contributed by atoms with Crippen LogP contribution in [0.5, 0.6) is 5.75 Å². The molecule has 1 aromatic heterocycles. The van der Waals surface area contributed by atoms with Crippen LogP contribution in [0.25, 0.3) is 0 Å². The van der Waals surface area contributed by atoms with Crippen LogP contribution < -0.4 is 20.9 Å². The van der Waals surface area contributed by atoms with E-state index in [1.54, 1.807) is 0 Å². The molecule has 0 unspecified atom stereocenters. The number of methoxy groups -OCH3 is 1. The molecule has 4 N–H and O–H groups in total. The third kappa shape index (κ3) is 4.08. The summed E-state index contributed by atoms with van der Waals surface area (Å²) in [4.78, 5) is 11.5. The number of ether oxygens (including phenoxy) is 1. The molecule has 0 aliphatic heterocycles. The van der Waals surface area contributed by atoms with E-state index in [2.05, 4.69) is 21.0 Å². The molecule has 0 spiro atoms. The van der Waals surface area contributed by atoms with Crippen LogP contribution in [0.4, 0.5) is 5.69 Å². The largest absolute Gasteiger partial charge is 0.495 e. The number of nitrogens with zero attached hydrogens (tertiary/aromatic N) is 1. The van der Waals surface area contributed by atoms with Gasteiger partial charge in [-0.15, -0.1) is 5.10 Å². The van der Waals surface area contributed by atoms with Crippen molar-refractivity contribution in [2.24, 2.45) is 0 Å². The quantitative estimate of drug-likeness (QED) is 0.475. The Bertz CT molecular complexity index is 1260. The molecule has 1 aliphatic rings. The summed E-state index contributed by atoms with van der Waals surface area (Å²) in [7, 11) is -2.70. The van der Waals surface area contributed by atoms with E-state index in [0.717, 1.165) is 24.8 Å². The number of aryl methyl sites for hydroxylation is 1. The van der Waals surface area contributed by atoms with E-state index >= 15 is 0 Å². The van der Waals surface area contributed by atoms with Gasteiger partial charge in [0.2, 0.25) is 15.9 Å². The topological polar surface area (TPSA) is 140 Å². The minimum absolute atomic E-state index is 0.0360.